The van der Waals surface area contributed by atoms with Crippen molar-refractivity contribution >= 4 is 17.3 Å². The van der Waals surface area contributed by atoms with E-state index in [0.29, 0.717) is 24.2 Å². The Balaban J connectivity index is 1.49. The lowest BCUT2D eigenvalue weighted by Crippen LogP contribution is -2.51. The Morgan fingerprint density at radius 3 is 2.58 bits per heavy atom. The fourth-order valence-electron chi connectivity index (χ4n) is 9.55. The average Bonchev–Trinajstić information content (AvgIpc) is 3.26. The van der Waals surface area contributed by atoms with Crippen LogP contribution in [0.2, 0.25) is 0 Å². The quantitative estimate of drug-likeness (QED) is 0.376. The van der Waals surface area contributed by atoms with Gasteiger partial charge in [-0.25, -0.2) is 0 Å². The molecule has 4 heteroatoms. The van der Waals surface area contributed by atoms with E-state index in [9.17, 15) is 9.59 Å². The van der Waals surface area contributed by atoms with E-state index in [1.165, 1.54) is 41.7 Å². The number of allylic oxidation sites excluding steroid dienone is 4. The summed E-state index contributed by atoms with van der Waals surface area (Å²) in [6, 6.07) is 9.37. The monoisotopic (exact) mass is 539 g/mol. The van der Waals surface area contributed by atoms with Crippen LogP contribution in [0.1, 0.15) is 90.0 Å². The number of carbonyl (C=O) groups is 2. The van der Waals surface area contributed by atoms with Crippen LogP contribution in [0.25, 0.3) is 0 Å². The van der Waals surface area contributed by atoms with Gasteiger partial charge in [-0.2, -0.15) is 0 Å². The van der Waals surface area contributed by atoms with Crippen molar-refractivity contribution in [3.8, 4) is 11.8 Å². The maximum Gasteiger partial charge on any atom is 0.176 e. The lowest BCUT2D eigenvalue weighted by molar-refractivity contribution is -0.136. The van der Waals surface area contributed by atoms with Crippen molar-refractivity contribution in [1.29, 1.82) is 0 Å². The second-order valence-corrected chi connectivity index (χ2v) is 13.3. The molecule has 0 bridgehead atoms. The summed E-state index contributed by atoms with van der Waals surface area (Å²) in [5.41, 5.74) is 6.08. The fraction of sp³-hybridized carbons (Fsp3) is 0.611. The SMILES string of the molecule is CC#C[C@]1(C(=O)COC)CC[C@H]2[C@@H]3CC(C)C4=CC(=O)CCC4=C3[C@@H](c3ccc(N4CCCCC4)cc3)C[C@@]21C. The highest BCUT2D eigenvalue weighted by Gasteiger charge is 2.65. The Morgan fingerprint density at radius 1 is 1.12 bits per heavy atom. The van der Waals surface area contributed by atoms with Gasteiger partial charge in [0.05, 0.1) is 5.41 Å². The largest absolute Gasteiger partial charge is 0.377 e. The summed E-state index contributed by atoms with van der Waals surface area (Å²) in [6.45, 7) is 8.96. The number of methoxy groups -OCH3 is 1. The molecule has 1 unspecified atom stereocenters. The number of rotatable bonds is 5. The van der Waals surface area contributed by atoms with E-state index < -0.39 is 5.41 Å². The van der Waals surface area contributed by atoms with Crippen LogP contribution < -0.4 is 4.90 Å². The zero-order chi connectivity index (χ0) is 28.1. The van der Waals surface area contributed by atoms with Crippen molar-refractivity contribution < 1.29 is 14.3 Å². The molecule has 1 aromatic carbocycles. The van der Waals surface area contributed by atoms with Crippen molar-refractivity contribution in [2.75, 3.05) is 31.7 Å². The van der Waals surface area contributed by atoms with E-state index in [2.05, 4.69) is 54.9 Å². The average molecular weight is 540 g/mol. The first-order valence-electron chi connectivity index (χ1n) is 15.6. The Kier molecular flexibility index (Phi) is 7.32. The molecule has 4 aliphatic carbocycles. The standard InChI is InChI=1S/C36H45NO3/c1-5-16-36(33(39)23-40-4)17-15-32-30-20-24(2)29-21-27(38)13-14-28(29)34(30)31(22-35(32,36)3)25-9-11-26(12-10-25)37-18-7-6-8-19-37/h9-12,21,24,30-32H,6-8,13-15,17-20,22-23H2,1-4H3/t24?,30-,31+,32-,35-,36+/m0/s1. The molecule has 1 aromatic rings. The molecule has 0 spiro atoms. The summed E-state index contributed by atoms with van der Waals surface area (Å²) in [5.74, 6) is 8.54. The first-order valence-corrected chi connectivity index (χ1v) is 15.6. The van der Waals surface area contributed by atoms with Crippen LogP contribution in [0.4, 0.5) is 5.69 Å². The normalized spacial score (nSPS) is 35.2. The molecule has 1 saturated heterocycles. The molecular formula is C36H45NO3. The van der Waals surface area contributed by atoms with Gasteiger partial charge in [0.2, 0.25) is 0 Å². The van der Waals surface area contributed by atoms with Gasteiger partial charge < -0.3 is 9.64 Å². The highest BCUT2D eigenvalue weighted by Crippen LogP contribution is 2.70. The molecule has 0 radical (unpaired) electrons. The number of ether oxygens (including phenoxy) is 1. The van der Waals surface area contributed by atoms with Gasteiger partial charge in [0.15, 0.2) is 11.6 Å². The molecule has 0 N–H and O–H groups in total. The van der Waals surface area contributed by atoms with Gasteiger partial charge >= 0.3 is 0 Å². The third-order valence-corrected chi connectivity index (χ3v) is 11.4. The first-order chi connectivity index (χ1) is 19.3. The number of piperidine rings is 1. The molecule has 40 heavy (non-hydrogen) atoms. The van der Waals surface area contributed by atoms with Crippen LogP contribution in [0.15, 0.2) is 47.1 Å². The molecule has 1 heterocycles. The van der Waals surface area contributed by atoms with Crippen LogP contribution in [0.5, 0.6) is 0 Å². The van der Waals surface area contributed by atoms with Crippen molar-refractivity contribution in [1.82, 2.24) is 0 Å². The highest BCUT2D eigenvalue weighted by atomic mass is 16.5. The van der Waals surface area contributed by atoms with Gasteiger partial charge in [-0.3, -0.25) is 9.59 Å². The van der Waals surface area contributed by atoms with E-state index >= 15 is 0 Å². The molecule has 4 nitrogen and oxygen atoms in total. The summed E-state index contributed by atoms with van der Waals surface area (Å²) < 4.78 is 5.43. The Bertz CT molecular complexity index is 1300. The maximum absolute atomic E-state index is 13.9. The molecule has 0 amide bonds. The number of Topliss-reactive ketones (excluding diaryl/α,β-unsaturated/α-hetero) is 1. The van der Waals surface area contributed by atoms with Crippen LogP contribution in [-0.2, 0) is 14.3 Å². The van der Waals surface area contributed by atoms with Gasteiger partial charge in [0, 0.05) is 38.2 Å². The number of carbonyl (C=O) groups excluding carboxylic acids is 2. The number of hydrogen-bond donors (Lipinski definition) is 0. The predicted molar refractivity (Wildman–Crippen MR) is 160 cm³/mol. The van der Waals surface area contributed by atoms with E-state index in [1.807, 2.05) is 13.0 Å². The zero-order valence-corrected chi connectivity index (χ0v) is 24.9. The van der Waals surface area contributed by atoms with Gasteiger partial charge in [0.1, 0.15) is 6.61 Å². The Labute approximate surface area is 240 Å². The summed E-state index contributed by atoms with van der Waals surface area (Å²) >= 11 is 0. The van der Waals surface area contributed by atoms with E-state index in [4.69, 9.17) is 4.74 Å². The number of anilines is 1. The topological polar surface area (TPSA) is 46.6 Å². The van der Waals surface area contributed by atoms with Crippen LogP contribution in [0, 0.1) is 40.4 Å². The highest BCUT2D eigenvalue weighted by molar-refractivity contribution is 5.93. The van der Waals surface area contributed by atoms with Crippen molar-refractivity contribution in [3.05, 3.63) is 52.6 Å². The molecule has 3 fully saturated rings. The molecule has 212 valence electrons. The minimum Gasteiger partial charge on any atom is -0.377 e. The lowest BCUT2D eigenvalue weighted by atomic mass is 9.47. The Morgan fingerprint density at radius 2 is 1.88 bits per heavy atom. The van der Waals surface area contributed by atoms with Gasteiger partial charge in [0.25, 0.3) is 0 Å². The molecule has 2 saturated carbocycles. The third-order valence-electron chi connectivity index (χ3n) is 11.4. The van der Waals surface area contributed by atoms with Gasteiger partial charge in [-0.05, 0) is 116 Å². The van der Waals surface area contributed by atoms with Gasteiger partial charge in [-0.15, -0.1) is 5.92 Å². The fourth-order valence-corrected chi connectivity index (χ4v) is 9.55. The van der Waals surface area contributed by atoms with E-state index in [0.717, 1.165) is 45.2 Å². The Hall–Kier alpha value is -2.64. The zero-order valence-electron chi connectivity index (χ0n) is 24.9. The summed E-state index contributed by atoms with van der Waals surface area (Å²) in [7, 11) is 1.62. The number of fused-ring (bicyclic) bond motifs is 4. The van der Waals surface area contributed by atoms with E-state index in [1.54, 1.807) is 12.7 Å². The minimum absolute atomic E-state index is 0.121. The van der Waals surface area contributed by atoms with Crippen molar-refractivity contribution in [3.63, 3.8) is 0 Å². The summed E-state index contributed by atoms with van der Waals surface area (Å²) in [6.07, 6.45) is 11.1. The lowest BCUT2D eigenvalue weighted by Gasteiger charge is -2.55. The second kappa shape index (κ2) is 10.6. The smallest absolute Gasteiger partial charge is 0.176 e. The third kappa shape index (κ3) is 4.23. The van der Waals surface area contributed by atoms with Crippen LogP contribution in [-0.4, -0.2) is 38.4 Å². The molecule has 6 rings (SSSR count). The molecule has 0 aromatic heterocycles. The number of nitrogens with zero attached hydrogens (tertiary/aromatic N) is 1. The molecule has 1 aliphatic heterocycles. The van der Waals surface area contributed by atoms with Crippen LogP contribution >= 0.6 is 0 Å². The molecule has 6 atom stereocenters. The summed E-state index contributed by atoms with van der Waals surface area (Å²) in [4.78, 5) is 28.9. The minimum atomic E-state index is -0.674. The van der Waals surface area contributed by atoms with Crippen molar-refractivity contribution in [2.45, 2.75) is 84.5 Å². The number of hydrogen-bond acceptors (Lipinski definition) is 4. The van der Waals surface area contributed by atoms with E-state index in [-0.39, 0.29) is 29.5 Å². The number of benzene rings is 1. The first kappa shape index (κ1) is 27.5. The van der Waals surface area contributed by atoms with Crippen molar-refractivity contribution in [2.24, 2.45) is 28.6 Å². The van der Waals surface area contributed by atoms with Gasteiger partial charge in [-0.1, -0.05) is 37.5 Å². The maximum atomic E-state index is 13.9. The molecule has 5 aliphatic rings. The van der Waals surface area contributed by atoms with Crippen LogP contribution in [0.3, 0.4) is 0 Å². The second-order valence-electron chi connectivity index (χ2n) is 13.3. The predicted octanol–water partition coefficient (Wildman–Crippen LogP) is 7.05. The molecular weight excluding hydrogens is 494 g/mol. The number of ketones is 2. The summed E-state index contributed by atoms with van der Waals surface area (Å²) in [5, 5.41) is 0.